The Morgan fingerprint density at radius 2 is 2.19 bits per heavy atom. The lowest BCUT2D eigenvalue weighted by Crippen LogP contribution is -2.49. The Morgan fingerprint density at radius 3 is 2.81 bits per heavy atom. The summed E-state index contributed by atoms with van der Waals surface area (Å²) in [7, 11) is 0. The summed E-state index contributed by atoms with van der Waals surface area (Å²) in [5, 5.41) is 0.542. The first kappa shape index (κ1) is 11.6. The minimum absolute atomic E-state index is 0.0445. The lowest BCUT2D eigenvalue weighted by molar-refractivity contribution is -0.0109. The first-order valence-electron chi connectivity index (χ1n) is 5.27. The maximum Gasteiger partial charge on any atom is 0.225 e. The minimum Gasteiger partial charge on any atom is -0.370 e. The molecule has 1 saturated heterocycles. The van der Waals surface area contributed by atoms with E-state index in [-0.39, 0.29) is 12.2 Å². The highest BCUT2D eigenvalue weighted by atomic mass is 35.5. The van der Waals surface area contributed by atoms with Crippen LogP contribution in [0.4, 0.5) is 5.95 Å². The second-order valence-corrected chi connectivity index (χ2v) is 4.35. The van der Waals surface area contributed by atoms with Crippen molar-refractivity contribution < 1.29 is 4.74 Å². The quantitative estimate of drug-likeness (QED) is 0.827. The Hall–Kier alpha value is -0.910. The average molecular weight is 243 g/mol. The van der Waals surface area contributed by atoms with Gasteiger partial charge in [0.25, 0.3) is 0 Å². The zero-order valence-corrected chi connectivity index (χ0v) is 9.89. The highest BCUT2D eigenvalue weighted by Crippen LogP contribution is 2.16. The predicted molar refractivity (Wildman–Crippen MR) is 62.6 cm³/mol. The standard InChI is InChI=1S/C10H15ClN4O/c1-7-5-15(6-9(2-12)16-7)10-13-3-8(11)4-14-10/h3-4,7,9H,2,5-6,12H2,1H3. The van der Waals surface area contributed by atoms with Gasteiger partial charge in [-0.3, -0.25) is 0 Å². The van der Waals surface area contributed by atoms with Gasteiger partial charge in [-0.05, 0) is 6.92 Å². The zero-order valence-electron chi connectivity index (χ0n) is 9.14. The first-order valence-corrected chi connectivity index (χ1v) is 5.65. The van der Waals surface area contributed by atoms with Gasteiger partial charge in [0.15, 0.2) is 0 Å². The molecule has 2 N–H and O–H groups in total. The molecule has 1 aromatic heterocycles. The number of rotatable bonds is 2. The third-order valence-corrected chi connectivity index (χ3v) is 2.67. The van der Waals surface area contributed by atoms with Gasteiger partial charge >= 0.3 is 0 Å². The fourth-order valence-corrected chi connectivity index (χ4v) is 1.91. The van der Waals surface area contributed by atoms with Crippen LogP contribution in [0.1, 0.15) is 6.92 Å². The van der Waals surface area contributed by atoms with Crippen molar-refractivity contribution in [2.45, 2.75) is 19.1 Å². The molecule has 0 aromatic carbocycles. The molecule has 2 rings (SSSR count). The third-order valence-electron chi connectivity index (χ3n) is 2.48. The minimum atomic E-state index is 0.0445. The lowest BCUT2D eigenvalue weighted by atomic mass is 10.2. The Labute approximate surface area is 99.6 Å². The summed E-state index contributed by atoms with van der Waals surface area (Å²) >= 11 is 5.75. The molecule has 2 atom stereocenters. The number of halogens is 1. The van der Waals surface area contributed by atoms with Gasteiger partial charge in [0, 0.05) is 19.6 Å². The average Bonchev–Trinajstić information content (AvgIpc) is 2.29. The fourth-order valence-electron chi connectivity index (χ4n) is 1.81. The molecule has 0 aliphatic carbocycles. The number of nitrogens with two attached hydrogens (primary N) is 1. The SMILES string of the molecule is CC1CN(c2ncc(Cl)cn2)CC(CN)O1. The van der Waals surface area contributed by atoms with Crippen LogP contribution in [-0.2, 0) is 4.74 Å². The van der Waals surface area contributed by atoms with Gasteiger partial charge in [-0.2, -0.15) is 0 Å². The van der Waals surface area contributed by atoms with Gasteiger partial charge in [-0.15, -0.1) is 0 Å². The van der Waals surface area contributed by atoms with E-state index in [1.807, 2.05) is 6.92 Å². The molecular formula is C10H15ClN4O. The van der Waals surface area contributed by atoms with Crippen LogP contribution < -0.4 is 10.6 Å². The Morgan fingerprint density at radius 1 is 1.50 bits per heavy atom. The number of ether oxygens (including phenoxy) is 1. The van der Waals surface area contributed by atoms with E-state index < -0.39 is 0 Å². The molecule has 0 saturated carbocycles. The van der Waals surface area contributed by atoms with Gasteiger partial charge in [-0.1, -0.05) is 11.6 Å². The van der Waals surface area contributed by atoms with E-state index in [0.717, 1.165) is 13.1 Å². The topological polar surface area (TPSA) is 64.3 Å². The lowest BCUT2D eigenvalue weighted by Gasteiger charge is -2.36. The van der Waals surface area contributed by atoms with Crippen LogP contribution in [0, 0.1) is 0 Å². The van der Waals surface area contributed by atoms with E-state index in [4.69, 9.17) is 22.1 Å². The molecule has 6 heteroatoms. The molecule has 1 fully saturated rings. The van der Waals surface area contributed by atoms with Crippen molar-refractivity contribution in [2.75, 3.05) is 24.5 Å². The Bertz CT molecular complexity index is 345. The van der Waals surface area contributed by atoms with Gasteiger partial charge in [0.2, 0.25) is 5.95 Å². The number of morpholine rings is 1. The molecule has 2 heterocycles. The number of anilines is 1. The maximum atomic E-state index is 5.75. The van der Waals surface area contributed by atoms with Crippen LogP contribution in [-0.4, -0.2) is 41.8 Å². The Balaban J connectivity index is 2.11. The summed E-state index contributed by atoms with van der Waals surface area (Å²) in [5.74, 6) is 0.679. The van der Waals surface area contributed by atoms with Crippen molar-refractivity contribution in [2.24, 2.45) is 5.73 Å². The monoisotopic (exact) mass is 242 g/mol. The van der Waals surface area contributed by atoms with Crippen molar-refractivity contribution in [3.8, 4) is 0 Å². The van der Waals surface area contributed by atoms with Crippen LogP contribution in [0.5, 0.6) is 0 Å². The molecule has 1 aliphatic rings. The van der Waals surface area contributed by atoms with E-state index >= 15 is 0 Å². The molecule has 2 unspecified atom stereocenters. The molecule has 1 aromatic rings. The van der Waals surface area contributed by atoms with Crippen molar-refractivity contribution >= 4 is 17.5 Å². The van der Waals surface area contributed by atoms with E-state index in [1.54, 1.807) is 12.4 Å². The van der Waals surface area contributed by atoms with Crippen LogP contribution >= 0.6 is 11.6 Å². The Kier molecular flexibility index (Phi) is 3.58. The van der Waals surface area contributed by atoms with Gasteiger partial charge in [-0.25, -0.2) is 9.97 Å². The highest BCUT2D eigenvalue weighted by Gasteiger charge is 2.25. The molecule has 16 heavy (non-hydrogen) atoms. The summed E-state index contributed by atoms with van der Waals surface area (Å²) in [6, 6.07) is 0. The number of hydrogen-bond acceptors (Lipinski definition) is 5. The summed E-state index contributed by atoms with van der Waals surface area (Å²) < 4.78 is 5.66. The molecule has 0 radical (unpaired) electrons. The third kappa shape index (κ3) is 2.61. The van der Waals surface area contributed by atoms with Gasteiger partial charge < -0.3 is 15.4 Å². The van der Waals surface area contributed by atoms with E-state index in [9.17, 15) is 0 Å². The van der Waals surface area contributed by atoms with Crippen LogP contribution in [0.2, 0.25) is 5.02 Å². The smallest absolute Gasteiger partial charge is 0.225 e. The number of aromatic nitrogens is 2. The number of nitrogens with zero attached hydrogens (tertiary/aromatic N) is 3. The van der Waals surface area contributed by atoms with Crippen LogP contribution in [0.25, 0.3) is 0 Å². The molecule has 1 aliphatic heterocycles. The van der Waals surface area contributed by atoms with E-state index in [0.29, 0.717) is 17.5 Å². The molecule has 0 bridgehead atoms. The highest BCUT2D eigenvalue weighted by molar-refractivity contribution is 6.30. The molecule has 0 amide bonds. The summed E-state index contributed by atoms with van der Waals surface area (Å²) in [5.41, 5.74) is 5.62. The van der Waals surface area contributed by atoms with Gasteiger partial charge in [0.05, 0.1) is 29.6 Å². The van der Waals surface area contributed by atoms with Crippen molar-refractivity contribution in [3.05, 3.63) is 17.4 Å². The van der Waals surface area contributed by atoms with E-state index in [2.05, 4.69) is 14.9 Å². The maximum absolute atomic E-state index is 5.75. The second kappa shape index (κ2) is 4.95. The molecule has 5 nitrogen and oxygen atoms in total. The summed E-state index contributed by atoms with van der Waals surface area (Å²) in [6.07, 6.45) is 3.38. The van der Waals surface area contributed by atoms with E-state index in [1.165, 1.54) is 0 Å². The molecular weight excluding hydrogens is 228 g/mol. The summed E-state index contributed by atoms with van der Waals surface area (Å²) in [6.45, 7) is 4.03. The second-order valence-electron chi connectivity index (χ2n) is 3.91. The largest absolute Gasteiger partial charge is 0.370 e. The normalized spacial score (nSPS) is 25.8. The number of hydrogen-bond donors (Lipinski definition) is 1. The first-order chi connectivity index (χ1) is 7.69. The summed E-state index contributed by atoms with van der Waals surface area (Å²) in [4.78, 5) is 10.5. The van der Waals surface area contributed by atoms with Crippen molar-refractivity contribution in [3.63, 3.8) is 0 Å². The zero-order chi connectivity index (χ0) is 11.5. The van der Waals surface area contributed by atoms with Crippen molar-refractivity contribution in [1.82, 2.24) is 9.97 Å². The van der Waals surface area contributed by atoms with Crippen LogP contribution in [0.3, 0.4) is 0 Å². The molecule has 0 spiro atoms. The molecule has 88 valence electrons. The fraction of sp³-hybridized carbons (Fsp3) is 0.600. The predicted octanol–water partition coefficient (Wildman–Crippen LogP) is 0.682. The van der Waals surface area contributed by atoms with Crippen molar-refractivity contribution in [1.29, 1.82) is 0 Å². The van der Waals surface area contributed by atoms with Gasteiger partial charge in [0.1, 0.15) is 0 Å². The van der Waals surface area contributed by atoms with Crippen LogP contribution in [0.15, 0.2) is 12.4 Å².